The van der Waals surface area contributed by atoms with Crippen LogP contribution < -0.4 is 0 Å². The van der Waals surface area contributed by atoms with Crippen LogP contribution >= 0.6 is 0 Å². The van der Waals surface area contributed by atoms with Crippen molar-refractivity contribution < 1.29 is 19.4 Å². The molecule has 0 saturated carbocycles. The van der Waals surface area contributed by atoms with Gasteiger partial charge in [0.25, 0.3) is 11.7 Å². The molecule has 1 aromatic carbocycles. The number of likely N-dealkylation sites (tertiary alicyclic amines) is 1. The largest absolute Gasteiger partial charge is 0.507 e. The molecule has 2 fully saturated rings. The second-order valence-corrected chi connectivity index (χ2v) is 7.09. The van der Waals surface area contributed by atoms with Crippen LogP contribution in [0.2, 0.25) is 0 Å². The maximum Gasteiger partial charge on any atom is 0.295 e. The molecule has 7 nitrogen and oxygen atoms in total. The molecule has 2 aliphatic heterocycles. The molecule has 0 aliphatic carbocycles. The lowest BCUT2D eigenvalue weighted by atomic mass is 9.95. The second-order valence-electron chi connectivity index (χ2n) is 7.09. The highest BCUT2D eigenvalue weighted by atomic mass is 16.5. The van der Waals surface area contributed by atoms with E-state index >= 15 is 0 Å². The van der Waals surface area contributed by atoms with Gasteiger partial charge in [0.05, 0.1) is 24.8 Å². The number of rotatable bonds is 5. The summed E-state index contributed by atoms with van der Waals surface area (Å²) in [6.45, 7) is 3.99. The van der Waals surface area contributed by atoms with Gasteiger partial charge >= 0.3 is 0 Å². The Morgan fingerprint density at radius 3 is 2.41 bits per heavy atom. The molecule has 0 spiro atoms. The standard InChI is InChI=1S/C22H23N3O4/c26-20(17-6-8-23-9-7-17)18-19(16-4-2-1-3-5-16)25(22(28)21(18)27)11-10-24-12-14-29-15-13-24/h1-9,19,26H,10-15H2/b20-18+. The summed E-state index contributed by atoms with van der Waals surface area (Å²) in [7, 11) is 0. The van der Waals surface area contributed by atoms with E-state index in [1.54, 1.807) is 29.4 Å². The summed E-state index contributed by atoms with van der Waals surface area (Å²) in [6.07, 6.45) is 3.09. The molecular formula is C22H23N3O4. The number of aliphatic hydroxyl groups is 1. The summed E-state index contributed by atoms with van der Waals surface area (Å²) < 4.78 is 5.38. The summed E-state index contributed by atoms with van der Waals surface area (Å²) in [6, 6.07) is 12.0. The van der Waals surface area contributed by atoms with Crippen LogP contribution in [0.4, 0.5) is 0 Å². The molecule has 1 unspecified atom stereocenters. The Morgan fingerprint density at radius 2 is 1.72 bits per heavy atom. The van der Waals surface area contributed by atoms with Gasteiger partial charge in [-0.05, 0) is 17.7 Å². The fourth-order valence-electron chi connectivity index (χ4n) is 3.83. The minimum absolute atomic E-state index is 0.120. The quantitative estimate of drug-likeness (QED) is 0.474. The number of aliphatic hydroxyl groups excluding tert-OH is 1. The highest BCUT2D eigenvalue weighted by Gasteiger charge is 2.45. The van der Waals surface area contributed by atoms with E-state index in [0.29, 0.717) is 31.9 Å². The van der Waals surface area contributed by atoms with Gasteiger partial charge < -0.3 is 14.7 Å². The van der Waals surface area contributed by atoms with E-state index in [0.717, 1.165) is 18.7 Å². The molecule has 1 atom stereocenters. The Hall–Kier alpha value is -3.03. The van der Waals surface area contributed by atoms with Gasteiger partial charge in [0.1, 0.15) is 5.76 Å². The normalized spacial score (nSPS) is 22.2. The van der Waals surface area contributed by atoms with E-state index < -0.39 is 17.7 Å². The van der Waals surface area contributed by atoms with Gasteiger partial charge in [-0.3, -0.25) is 19.5 Å². The number of Topliss-reactive ketones (excluding diaryl/α,β-unsaturated/α-hetero) is 1. The van der Waals surface area contributed by atoms with Gasteiger partial charge in [-0.2, -0.15) is 0 Å². The van der Waals surface area contributed by atoms with Gasteiger partial charge in [-0.25, -0.2) is 0 Å². The number of benzene rings is 1. The summed E-state index contributed by atoms with van der Waals surface area (Å²) >= 11 is 0. The lowest BCUT2D eigenvalue weighted by Gasteiger charge is -2.31. The Kier molecular flexibility index (Phi) is 5.69. The maximum atomic E-state index is 12.9. The van der Waals surface area contributed by atoms with Gasteiger partial charge in [-0.15, -0.1) is 0 Å². The molecule has 2 aromatic rings. The smallest absolute Gasteiger partial charge is 0.295 e. The highest BCUT2D eigenvalue weighted by Crippen LogP contribution is 2.39. The molecule has 0 bridgehead atoms. The Balaban J connectivity index is 1.70. The number of aromatic nitrogens is 1. The molecule has 1 amide bonds. The molecular weight excluding hydrogens is 370 g/mol. The van der Waals surface area contributed by atoms with Crippen molar-refractivity contribution in [2.45, 2.75) is 6.04 Å². The van der Waals surface area contributed by atoms with E-state index in [-0.39, 0.29) is 11.3 Å². The summed E-state index contributed by atoms with van der Waals surface area (Å²) in [5, 5.41) is 10.9. The van der Waals surface area contributed by atoms with Crippen molar-refractivity contribution in [3.05, 3.63) is 71.6 Å². The average Bonchev–Trinajstić information content (AvgIpc) is 3.04. The molecule has 29 heavy (non-hydrogen) atoms. The number of nitrogens with zero attached hydrogens (tertiary/aromatic N) is 3. The third kappa shape index (κ3) is 3.92. The van der Waals surface area contributed by atoms with Gasteiger partial charge in [-0.1, -0.05) is 30.3 Å². The van der Waals surface area contributed by atoms with Crippen LogP contribution in [0.5, 0.6) is 0 Å². The number of carbonyl (C=O) groups is 2. The molecule has 2 saturated heterocycles. The van der Waals surface area contributed by atoms with Gasteiger partial charge in [0.15, 0.2) is 0 Å². The molecule has 4 rings (SSSR count). The zero-order chi connectivity index (χ0) is 20.2. The number of hydrogen-bond donors (Lipinski definition) is 1. The number of amides is 1. The number of carbonyl (C=O) groups excluding carboxylic acids is 2. The lowest BCUT2D eigenvalue weighted by Crippen LogP contribution is -2.42. The fourth-order valence-corrected chi connectivity index (χ4v) is 3.83. The number of morpholine rings is 1. The Morgan fingerprint density at radius 1 is 1.03 bits per heavy atom. The summed E-state index contributed by atoms with van der Waals surface area (Å²) in [5.74, 6) is -1.41. The van der Waals surface area contributed by atoms with Crippen molar-refractivity contribution in [3.8, 4) is 0 Å². The predicted octanol–water partition coefficient (Wildman–Crippen LogP) is 1.84. The topological polar surface area (TPSA) is 83.0 Å². The second kappa shape index (κ2) is 8.55. The summed E-state index contributed by atoms with van der Waals surface area (Å²) in [5.41, 5.74) is 1.38. The van der Waals surface area contributed by atoms with Crippen LogP contribution in [0.3, 0.4) is 0 Å². The first-order chi connectivity index (χ1) is 14.2. The average molecular weight is 393 g/mol. The van der Waals surface area contributed by atoms with Crippen molar-refractivity contribution in [3.63, 3.8) is 0 Å². The molecule has 7 heteroatoms. The minimum Gasteiger partial charge on any atom is -0.507 e. The van der Waals surface area contributed by atoms with Crippen molar-refractivity contribution in [2.75, 3.05) is 39.4 Å². The first-order valence-corrected chi connectivity index (χ1v) is 9.70. The van der Waals surface area contributed by atoms with Crippen LogP contribution in [0.1, 0.15) is 17.2 Å². The molecule has 3 heterocycles. The number of hydrogen-bond acceptors (Lipinski definition) is 6. The van der Waals surface area contributed by atoms with Gasteiger partial charge in [0.2, 0.25) is 0 Å². The monoisotopic (exact) mass is 393 g/mol. The van der Waals surface area contributed by atoms with Crippen LogP contribution in [0, 0.1) is 0 Å². The van der Waals surface area contributed by atoms with Crippen molar-refractivity contribution in [1.82, 2.24) is 14.8 Å². The van der Waals surface area contributed by atoms with E-state index in [4.69, 9.17) is 4.74 Å². The van der Waals surface area contributed by atoms with E-state index in [1.165, 1.54) is 0 Å². The highest BCUT2D eigenvalue weighted by molar-refractivity contribution is 6.46. The zero-order valence-corrected chi connectivity index (χ0v) is 16.0. The number of pyridine rings is 1. The fraction of sp³-hybridized carbons (Fsp3) is 0.318. The van der Waals surface area contributed by atoms with Crippen LogP contribution in [0.15, 0.2) is 60.4 Å². The summed E-state index contributed by atoms with van der Waals surface area (Å²) in [4.78, 5) is 33.5. The van der Waals surface area contributed by atoms with Crippen molar-refractivity contribution >= 4 is 17.4 Å². The van der Waals surface area contributed by atoms with E-state index in [1.807, 2.05) is 30.3 Å². The SMILES string of the molecule is O=C1C(=O)N(CCN2CCOCC2)C(c2ccccc2)/C1=C(\O)c1ccncc1. The first kappa shape index (κ1) is 19.3. The molecule has 1 N–H and O–H groups in total. The Bertz CT molecular complexity index is 908. The van der Waals surface area contributed by atoms with Crippen LogP contribution in [-0.2, 0) is 14.3 Å². The zero-order valence-electron chi connectivity index (χ0n) is 16.0. The van der Waals surface area contributed by atoms with E-state index in [2.05, 4.69) is 9.88 Å². The molecule has 2 aliphatic rings. The van der Waals surface area contributed by atoms with Crippen molar-refractivity contribution in [1.29, 1.82) is 0 Å². The molecule has 150 valence electrons. The van der Waals surface area contributed by atoms with Crippen LogP contribution in [-0.4, -0.2) is 71.0 Å². The van der Waals surface area contributed by atoms with Crippen molar-refractivity contribution in [2.24, 2.45) is 0 Å². The molecule has 0 radical (unpaired) electrons. The number of ether oxygens (including phenoxy) is 1. The minimum atomic E-state index is -0.657. The number of ketones is 1. The van der Waals surface area contributed by atoms with E-state index in [9.17, 15) is 14.7 Å². The first-order valence-electron chi connectivity index (χ1n) is 9.70. The third-order valence-electron chi connectivity index (χ3n) is 5.37. The molecule has 1 aromatic heterocycles. The Labute approximate surface area is 169 Å². The lowest BCUT2D eigenvalue weighted by molar-refractivity contribution is -0.140. The van der Waals surface area contributed by atoms with Crippen LogP contribution in [0.25, 0.3) is 5.76 Å². The maximum absolute atomic E-state index is 12.9. The predicted molar refractivity (Wildman–Crippen MR) is 107 cm³/mol. The third-order valence-corrected chi connectivity index (χ3v) is 5.37. The van der Waals surface area contributed by atoms with Gasteiger partial charge in [0, 0.05) is 44.1 Å².